The number of nitrogens with zero attached hydrogens (tertiary/aromatic N) is 1. The van der Waals surface area contributed by atoms with Gasteiger partial charge in [0, 0.05) is 25.8 Å². The van der Waals surface area contributed by atoms with Crippen LogP contribution in [0, 0.1) is 11.8 Å². The van der Waals surface area contributed by atoms with Gasteiger partial charge in [-0.05, 0) is 24.0 Å². The molecule has 0 unspecified atom stereocenters. The van der Waals surface area contributed by atoms with Crippen LogP contribution in [0.2, 0.25) is 0 Å². The summed E-state index contributed by atoms with van der Waals surface area (Å²) in [5, 5.41) is 3.09. The molecule has 0 heterocycles. The van der Waals surface area contributed by atoms with Crippen molar-refractivity contribution in [2.75, 3.05) is 25.5 Å². The predicted octanol–water partition coefficient (Wildman–Crippen LogP) is 3.48. The van der Waals surface area contributed by atoms with E-state index in [9.17, 15) is 4.79 Å². The third-order valence-electron chi connectivity index (χ3n) is 2.89. The van der Waals surface area contributed by atoms with E-state index in [0.29, 0.717) is 11.8 Å². The Hall–Kier alpha value is -1.51. The lowest BCUT2D eigenvalue weighted by molar-refractivity contribution is 0.0716. The normalized spacial score (nSPS) is 10.9. The van der Waals surface area contributed by atoms with Crippen LogP contribution in [-0.4, -0.2) is 30.9 Å². The van der Waals surface area contributed by atoms with Crippen LogP contribution in [0.15, 0.2) is 24.3 Å². The maximum absolute atomic E-state index is 12.7. The van der Waals surface area contributed by atoms with E-state index in [1.807, 2.05) is 36.2 Å². The van der Waals surface area contributed by atoms with Crippen molar-refractivity contribution in [1.82, 2.24) is 4.90 Å². The molecule has 1 aromatic rings. The molecular formula is C16H26N2O. The Labute approximate surface area is 117 Å². The zero-order valence-corrected chi connectivity index (χ0v) is 12.7. The Morgan fingerprint density at radius 1 is 1.11 bits per heavy atom. The van der Waals surface area contributed by atoms with Crippen LogP contribution in [0.25, 0.3) is 0 Å². The SMILES string of the molecule is CNc1ccccc1C(=O)N(CC(C)C)CC(C)C. The number of hydrogen-bond donors (Lipinski definition) is 1. The highest BCUT2D eigenvalue weighted by atomic mass is 16.2. The first kappa shape index (κ1) is 15.5. The molecule has 0 saturated carbocycles. The molecule has 0 radical (unpaired) electrons. The number of anilines is 1. The molecule has 0 atom stereocenters. The van der Waals surface area contributed by atoms with Crippen LogP contribution < -0.4 is 5.32 Å². The van der Waals surface area contributed by atoms with E-state index in [-0.39, 0.29) is 5.91 Å². The lowest BCUT2D eigenvalue weighted by atomic mass is 10.1. The standard InChI is InChI=1S/C16H26N2O/c1-12(2)10-18(11-13(3)4)16(19)14-8-6-7-9-15(14)17-5/h6-9,12-13,17H,10-11H2,1-5H3. The summed E-state index contributed by atoms with van der Waals surface area (Å²) in [6, 6.07) is 7.69. The second-order valence-electron chi connectivity index (χ2n) is 5.79. The van der Waals surface area contributed by atoms with Crippen molar-refractivity contribution in [2.24, 2.45) is 11.8 Å². The molecule has 106 valence electrons. The Bertz CT molecular complexity index is 403. The Kier molecular flexibility index (Phi) is 5.87. The van der Waals surface area contributed by atoms with Crippen LogP contribution in [-0.2, 0) is 0 Å². The molecule has 0 bridgehead atoms. The van der Waals surface area contributed by atoms with Gasteiger partial charge < -0.3 is 10.2 Å². The average Bonchev–Trinajstić information content (AvgIpc) is 2.36. The summed E-state index contributed by atoms with van der Waals surface area (Å²) in [6.07, 6.45) is 0. The summed E-state index contributed by atoms with van der Waals surface area (Å²) in [6.45, 7) is 10.2. The highest BCUT2D eigenvalue weighted by Gasteiger charge is 2.19. The zero-order valence-electron chi connectivity index (χ0n) is 12.7. The molecule has 0 spiro atoms. The Morgan fingerprint density at radius 3 is 2.11 bits per heavy atom. The molecule has 0 fully saturated rings. The first-order valence-corrected chi connectivity index (χ1v) is 7.01. The van der Waals surface area contributed by atoms with Gasteiger partial charge in [-0.3, -0.25) is 4.79 Å². The van der Waals surface area contributed by atoms with Crippen LogP contribution >= 0.6 is 0 Å². The van der Waals surface area contributed by atoms with Crippen molar-refractivity contribution in [3.8, 4) is 0 Å². The molecule has 3 nitrogen and oxygen atoms in total. The minimum absolute atomic E-state index is 0.118. The third kappa shape index (κ3) is 4.58. The van der Waals surface area contributed by atoms with E-state index in [2.05, 4.69) is 33.0 Å². The van der Waals surface area contributed by atoms with Gasteiger partial charge >= 0.3 is 0 Å². The summed E-state index contributed by atoms with van der Waals surface area (Å²) < 4.78 is 0. The molecule has 0 saturated heterocycles. The second-order valence-corrected chi connectivity index (χ2v) is 5.79. The number of benzene rings is 1. The van der Waals surface area contributed by atoms with Gasteiger partial charge in [0.25, 0.3) is 5.91 Å². The van der Waals surface area contributed by atoms with Crippen LogP contribution in [0.4, 0.5) is 5.69 Å². The summed E-state index contributed by atoms with van der Waals surface area (Å²) in [5.41, 5.74) is 1.65. The van der Waals surface area contributed by atoms with Crippen molar-refractivity contribution in [3.05, 3.63) is 29.8 Å². The van der Waals surface area contributed by atoms with E-state index in [1.165, 1.54) is 0 Å². The van der Waals surface area contributed by atoms with Gasteiger partial charge in [0.15, 0.2) is 0 Å². The van der Waals surface area contributed by atoms with Crippen LogP contribution in [0.3, 0.4) is 0 Å². The van der Waals surface area contributed by atoms with Crippen molar-refractivity contribution in [3.63, 3.8) is 0 Å². The fourth-order valence-corrected chi connectivity index (χ4v) is 2.18. The smallest absolute Gasteiger partial charge is 0.255 e. The summed E-state index contributed by atoms with van der Waals surface area (Å²) in [4.78, 5) is 14.6. The third-order valence-corrected chi connectivity index (χ3v) is 2.89. The fourth-order valence-electron chi connectivity index (χ4n) is 2.18. The van der Waals surface area contributed by atoms with E-state index in [4.69, 9.17) is 0 Å². The summed E-state index contributed by atoms with van der Waals surface area (Å²) in [5.74, 6) is 1.07. The number of hydrogen-bond acceptors (Lipinski definition) is 2. The van der Waals surface area contributed by atoms with Gasteiger partial charge in [-0.25, -0.2) is 0 Å². The molecule has 0 aliphatic rings. The Morgan fingerprint density at radius 2 is 1.63 bits per heavy atom. The van der Waals surface area contributed by atoms with Crippen molar-refractivity contribution < 1.29 is 4.79 Å². The first-order valence-electron chi connectivity index (χ1n) is 7.01. The maximum Gasteiger partial charge on any atom is 0.255 e. The maximum atomic E-state index is 12.7. The largest absolute Gasteiger partial charge is 0.387 e. The number of carbonyl (C=O) groups is 1. The monoisotopic (exact) mass is 262 g/mol. The molecule has 1 rings (SSSR count). The molecule has 0 aliphatic heterocycles. The minimum atomic E-state index is 0.118. The number of rotatable bonds is 6. The molecule has 1 N–H and O–H groups in total. The van der Waals surface area contributed by atoms with Gasteiger partial charge in [0.2, 0.25) is 0 Å². The van der Waals surface area contributed by atoms with E-state index < -0.39 is 0 Å². The van der Waals surface area contributed by atoms with Gasteiger partial charge in [-0.1, -0.05) is 39.8 Å². The predicted molar refractivity (Wildman–Crippen MR) is 81.6 cm³/mol. The van der Waals surface area contributed by atoms with E-state index in [0.717, 1.165) is 24.3 Å². The van der Waals surface area contributed by atoms with Gasteiger partial charge in [0.05, 0.1) is 5.56 Å². The first-order chi connectivity index (χ1) is 8.95. The topological polar surface area (TPSA) is 32.3 Å². The molecule has 1 aromatic carbocycles. The lowest BCUT2D eigenvalue weighted by Crippen LogP contribution is -2.37. The summed E-state index contributed by atoms with van der Waals surface area (Å²) >= 11 is 0. The highest BCUT2D eigenvalue weighted by Crippen LogP contribution is 2.18. The highest BCUT2D eigenvalue weighted by molar-refractivity contribution is 5.99. The minimum Gasteiger partial charge on any atom is -0.387 e. The quantitative estimate of drug-likeness (QED) is 0.851. The number of carbonyl (C=O) groups excluding carboxylic acids is 1. The number of nitrogens with one attached hydrogen (secondary N) is 1. The average molecular weight is 262 g/mol. The van der Waals surface area contributed by atoms with Crippen molar-refractivity contribution in [2.45, 2.75) is 27.7 Å². The molecule has 0 aliphatic carbocycles. The van der Waals surface area contributed by atoms with Gasteiger partial charge in [-0.2, -0.15) is 0 Å². The number of amides is 1. The molecule has 0 aromatic heterocycles. The molecular weight excluding hydrogens is 236 g/mol. The lowest BCUT2D eigenvalue weighted by Gasteiger charge is -2.27. The van der Waals surface area contributed by atoms with E-state index >= 15 is 0 Å². The fraction of sp³-hybridized carbons (Fsp3) is 0.562. The zero-order chi connectivity index (χ0) is 14.4. The second kappa shape index (κ2) is 7.17. The summed E-state index contributed by atoms with van der Waals surface area (Å²) in [7, 11) is 1.85. The van der Waals surface area contributed by atoms with Gasteiger partial charge in [0.1, 0.15) is 0 Å². The molecule has 1 amide bonds. The molecule has 19 heavy (non-hydrogen) atoms. The van der Waals surface area contributed by atoms with E-state index in [1.54, 1.807) is 0 Å². The molecule has 3 heteroatoms. The number of para-hydroxylation sites is 1. The van der Waals surface area contributed by atoms with Crippen molar-refractivity contribution in [1.29, 1.82) is 0 Å². The van der Waals surface area contributed by atoms with Crippen LogP contribution in [0.5, 0.6) is 0 Å². The van der Waals surface area contributed by atoms with Crippen molar-refractivity contribution >= 4 is 11.6 Å². The van der Waals surface area contributed by atoms with Crippen LogP contribution in [0.1, 0.15) is 38.1 Å². The Balaban J connectivity index is 2.97. The van der Waals surface area contributed by atoms with Gasteiger partial charge in [-0.15, -0.1) is 0 Å².